The van der Waals surface area contributed by atoms with Crippen LogP contribution >= 0.6 is 15.9 Å². The van der Waals surface area contributed by atoms with E-state index in [1.807, 2.05) is 12.3 Å². The van der Waals surface area contributed by atoms with Gasteiger partial charge in [-0.2, -0.15) is 0 Å². The molecule has 0 spiro atoms. The van der Waals surface area contributed by atoms with Crippen LogP contribution in [0.5, 0.6) is 0 Å². The van der Waals surface area contributed by atoms with E-state index in [0.717, 1.165) is 5.70 Å². The Balaban J connectivity index is 2.75. The van der Waals surface area contributed by atoms with E-state index in [1.54, 1.807) is 0 Å². The molecule has 4 heteroatoms. The lowest BCUT2D eigenvalue weighted by Crippen LogP contribution is -2.46. The van der Waals surface area contributed by atoms with Crippen molar-refractivity contribution in [2.45, 2.75) is 31.6 Å². The molecule has 1 aliphatic heterocycles. The molecule has 3 N–H and O–H groups in total. The van der Waals surface area contributed by atoms with Crippen LogP contribution < -0.4 is 10.6 Å². The topological polar surface area (TPSA) is 47.9 Å². The first kappa shape index (κ1) is 13.3. The van der Waals surface area contributed by atoms with E-state index in [0.29, 0.717) is 22.5 Å². The third kappa shape index (κ3) is 3.11. The summed E-state index contributed by atoms with van der Waals surface area (Å²) in [7, 11) is 0. The molecule has 0 radical (unpaired) electrons. The summed E-state index contributed by atoms with van der Waals surface area (Å²) in [6, 6.07) is 0.0190. The van der Waals surface area contributed by atoms with Crippen LogP contribution in [0.3, 0.4) is 0 Å². The van der Waals surface area contributed by atoms with Gasteiger partial charge in [-0.25, -0.2) is 0 Å². The first-order chi connectivity index (χ1) is 7.43. The minimum absolute atomic E-state index is 0.0190. The van der Waals surface area contributed by atoms with Gasteiger partial charge in [-0.15, -0.1) is 0 Å². The lowest BCUT2D eigenvalue weighted by atomic mass is 9.86. The molecule has 1 unspecified atom stereocenters. The molecule has 4 atom stereocenters. The normalized spacial score (nSPS) is 26.4. The molecule has 90 valence electrons. The van der Waals surface area contributed by atoms with E-state index in [9.17, 15) is 0 Å². The average Bonchev–Trinajstić information content (AvgIpc) is 2.37. The predicted octanol–water partition coefficient (Wildman–Crippen LogP) is 2.61. The Bertz CT molecular complexity index is 309. The summed E-state index contributed by atoms with van der Waals surface area (Å²) < 4.78 is 0. The Kier molecular flexibility index (Phi) is 4.59. The van der Waals surface area contributed by atoms with Crippen molar-refractivity contribution in [1.29, 1.82) is 5.41 Å². The SMILES string of the molecule is C=C1C=CNC([C@H](C)[C@@H](C)[C@@H](C)Br)C(=N)N1. The van der Waals surface area contributed by atoms with E-state index < -0.39 is 0 Å². The van der Waals surface area contributed by atoms with Gasteiger partial charge in [0.05, 0.1) is 6.04 Å². The van der Waals surface area contributed by atoms with Crippen LogP contribution in [0.1, 0.15) is 20.8 Å². The Labute approximate surface area is 106 Å². The van der Waals surface area contributed by atoms with Crippen molar-refractivity contribution in [3.8, 4) is 0 Å². The van der Waals surface area contributed by atoms with Gasteiger partial charge in [0.15, 0.2) is 0 Å². The second-order valence-corrected chi connectivity index (χ2v) is 5.88. The molecule has 0 aromatic rings. The Morgan fingerprint density at radius 3 is 2.62 bits per heavy atom. The first-order valence-electron chi connectivity index (χ1n) is 5.54. The van der Waals surface area contributed by atoms with Gasteiger partial charge in [-0.3, -0.25) is 5.41 Å². The zero-order chi connectivity index (χ0) is 12.3. The maximum atomic E-state index is 7.99. The van der Waals surface area contributed by atoms with Crippen molar-refractivity contribution in [2.24, 2.45) is 11.8 Å². The molecule has 0 saturated heterocycles. The highest BCUT2D eigenvalue weighted by Gasteiger charge is 2.28. The molecule has 1 rings (SSSR count). The largest absolute Gasteiger partial charge is 0.381 e. The summed E-state index contributed by atoms with van der Waals surface area (Å²) in [5.74, 6) is 1.34. The summed E-state index contributed by atoms with van der Waals surface area (Å²) in [6.07, 6.45) is 3.72. The average molecular weight is 286 g/mol. The third-order valence-corrected chi connectivity index (χ3v) is 4.08. The molecule has 1 aliphatic rings. The highest BCUT2D eigenvalue weighted by atomic mass is 79.9. The van der Waals surface area contributed by atoms with E-state index in [1.165, 1.54) is 0 Å². The van der Waals surface area contributed by atoms with Crippen LogP contribution in [-0.2, 0) is 0 Å². The number of halogens is 1. The predicted molar refractivity (Wildman–Crippen MR) is 72.8 cm³/mol. The molecule has 3 nitrogen and oxygen atoms in total. The van der Waals surface area contributed by atoms with Crippen molar-refractivity contribution >= 4 is 21.8 Å². The smallest absolute Gasteiger partial charge is 0.121 e. The Morgan fingerprint density at radius 2 is 2.06 bits per heavy atom. The van der Waals surface area contributed by atoms with Crippen LogP contribution in [-0.4, -0.2) is 16.7 Å². The standard InChI is InChI=1S/C12H20BrN3/c1-7-5-6-15-11(12(14)16-7)9(3)8(2)10(4)13/h5-6,8-11,15H,1H2,2-4H3,(H2,14,16)/t8-,9-,10-,11?/m1/s1. The van der Waals surface area contributed by atoms with Gasteiger partial charge in [-0.05, 0) is 24.1 Å². The molecule has 0 fully saturated rings. The molecule has 0 bridgehead atoms. The van der Waals surface area contributed by atoms with E-state index in [2.05, 4.69) is 53.9 Å². The maximum absolute atomic E-state index is 7.99. The molecule has 16 heavy (non-hydrogen) atoms. The van der Waals surface area contributed by atoms with Gasteiger partial charge < -0.3 is 10.6 Å². The van der Waals surface area contributed by atoms with Crippen LogP contribution in [0.15, 0.2) is 24.6 Å². The minimum atomic E-state index is 0.0190. The van der Waals surface area contributed by atoms with E-state index >= 15 is 0 Å². The van der Waals surface area contributed by atoms with Gasteiger partial charge in [0, 0.05) is 10.5 Å². The minimum Gasteiger partial charge on any atom is -0.381 e. The highest BCUT2D eigenvalue weighted by molar-refractivity contribution is 9.09. The number of rotatable bonds is 3. The van der Waals surface area contributed by atoms with Gasteiger partial charge in [0.25, 0.3) is 0 Å². The first-order valence-corrected chi connectivity index (χ1v) is 6.46. The molecule has 0 aromatic heterocycles. The summed E-state index contributed by atoms with van der Waals surface area (Å²) in [5.41, 5.74) is 0.756. The van der Waals surface area contributed by atoms with Crippen molar-refractivity contribution in [1.82, 2.24) is 10.6 Å². The molecule has 0 aliphatic carbocycles. The molecule has 0 amide bonds. The molecular formula is C12H20BrN3. The monoisotopic (exact) mass is 285 g/mol. The van der Waals surface area contributed by atoms with Gasteiger partial charge in [-0.1, -0.05) is 43.3 Å². The van der Waals surface area contributed by atoms with Gasteiger partial charge in [0.2, 0.25) is 0 Å². The van der Waals surface area contributed by atoms with Crippen molar-refractivity contribution < 1.29 is 0 Å². The summed E-state index contributed by atoms with van der Waals surface area (Å²) >= 11 is 3.60. The van der Waals surface area contributed by atoms with Crippen LogP contribution in [0, 0.1) is 17.2 Å². The number of hydrogen-bond donors (Lipinski definition) is 3. The molecule has 0 saturated carbocycles. The lowest BCUT2D eigenvalue weighted by Gasteiger charge is -2.30. The molecule has 1 heterocycles. The summed E-state index contributed by atoms with van der Waals surface area (Å²) in [5, 5.41) is 14.2. The fourth-order valence-electron chi connectivity index (χ4n) is 1.76. The van der Waals surface area contributed by atoms with Crippen LogP contribution in [0.2, 0.25) is 0 Å². The van der Waals surface area contributed by atoms with Gasteiger partial charge >= 0.3 is 0 Å². The number of amidine groups is 1. The number of nitrogens with one attached hydrogen (secondary N) is 3. The zero-order valence-corrected chi connectivity index (χ0v) is 11.6. The number of allylic oxidation sites excluding steroid dienone is 1. The van der Waals surface area contributed by atoms with Crippen molar-refractivity contribution in [2.75, 3.05) is 0 Å². The van der Waals surface area contributed by atoms with E-state index in [4.69, 9.17) is 5.41 Å². The number of hydrogen-bond acceptors (Lipinski definition) is 2. The summed E-state index contributed by atoms with van der Waals surface area (Å²) in [6.45, 7) is 10.3. The fraction of sp³-hybridized carbons (Fsp3) is 0.583. The highest BCUT2D eigenvalue weighted by Crippen LogP contribution is 2.24. The molecular weight excluding hydrogens is 266 g/mol. The fourth-order valence-corrected chi connectivity index (χ4v) is 2.25. The third-order valence-electron chi connectivity index (χ3n) is 3.25. The second kappa shape index (κ2) is 5.53. The van der Waals surface area contributed by atoms with Crippen molar-refractivity contribution in [3.63, 3.8) is 0 Å². The zero-order valence-electron chi connectivity index (χ0n) is 10.0. The van der Waals surface area contributed by atoms with Crippen LogP contribution in [0.25, 0.3) is 0 Å². The van der Waals surface area contributed by atoms with Crippen molar-refractivity contribution in [3.05, 3.63) is 24.6 Å². The summed E-state index contributed by atoms with van der Waals surface area (Å²) in [4.78, 5) is 0.438. The second-order valence-electron chi connectivity index (χ2n) is 4.44. The van der Waals surface area contributed by atoms with E-state index in [-0.39, 0.29) is 6.04 Å². The van der Waals surface area contributed by atoms with Gasteiger partial charge in [0.1, 0.15) is 5.84 Å². The molecule has 0 aromatic carbocycles. The van der Waals surface area contributed by atoms with Crippen LogP contribution in [0.4, 0.5) is 0 Å². The Hall–Kier alpha value is -0.770. The maximum Gasteiger partial charge on any atom is 0.121 e. The lowest BCUT2D eigenvalue weighted by molar-refractivity contribution is 0.346. The number of alkyl halides is 1. The quantitative estimate of drug-likeness (QED) is 0.698. The Morgan fingerprint density at radius 1 is 1.44 bits per heavy atom.